The number of carbonyl (C=O) groups excluding carboxylic acids is 1. The first-order chi connectivity index (χ1) is 18.5. The van der Waals surface area contributed by atoms with Crippen molar-refractivity contribution in [2.45, 2.75) is 57.4 Å². The zero-order valence-electron chi connectivity index (χ0n) is 21.7. The van der Waals surface area contributed by atoms with E-state index in [0.29, 0.717) is 35.5 Å². The van der Waals surface area contributed by atoms with Crippen LogP contribution < -0.4 is 19.7 Å². The van der Waals surface area contributed by atoms with Crippen LogP contribution in [0.5, 0.6) is 11.5 Å². The lowest BCUT2D eigenvalue weighted by Crippen LogP contribution is -2.37. The minimum absolute atomic E-state index is 0.208. The Morgan fingerprint density at radius 3 is 2.68 bits per heavy atom. The van der Waals surface area contributed by atoms with Crippen LogP contribution in [0, 0.1) is 11.7 Å². The van der Waals surface area contributed by atoms with Gasteiger partial charge in [0.15, 0.2) is 11.5 Å². The Morgan fingerprint density at radius 1 is 1.11 bits per heavy atom. The maximum atomic E-state index is 13.9. The highest BCUT2D eigenvalue weighted by molar-refractivity contribution is 5.95. The van der Waals surface area contributed by atoms with Crippen LogP contribution in [0.15, 0.2) is 48.7 Å². The van der Waals surface area contributed by atoms with Crippen molar-refractivity contribution in [3.63, 3.8) is 0 Å². The number of hydrogen-bond acceptors (Lipinski definition) is 6. The maximum absolute atomic E-state index is 13.9. The zero-order valence-corrected chi connectivity index (χ0v) is 21.7. The molecule has 7 nitrogen and oxygen atoms in total. The SMILES string of the molecule is CC1CCCN(c2ncc(C(=O)NCc3ccc4c(c3)OCO4)c(C3(c4ccc(F)cc4)CCCC3)n2)C1. The van der Waals surface area contributed by atoms with E-state index < -0.39 is 5.41 Å². The third-order valence-electron chi connectivity index (χ3n) is 8.16. The van der Waals surface area contributed by atoms with Gasteiger partial charge >= 0.3 is 0 Å². The average Bonchev–Trinajstić information content (AvgIpc) is 3.62. The molecule has 2 aromatic carbocycles. The van der Waals surface area contributed by atoms with E-state index >= 15 is 0 Å². The number of halogens is 1. The fourth-order valence-corrected chi connectivity index (χ4v) is 6.17. The van der Waals surface area contributed by atoms with Gasteiger partial charge in [0.05, 0.1) is 11.3 Å². The van der Waals surface area contributed by atoms with Gasteiger partial charge in [0.1, 0.15) is 5.82 Å². The molecule has 8 heteroatoms. The number of ether oxygens (including phenoxy) is 2. The number of rotatable bonds is 6. The molecule has 1 saturated carbocycles. The molecular formula is C30H33FN4O3. The minimum Gasteiger partial charge on any atom is -0.454 e. The van der Waals surface area contributed by atoms with Crippen LogP contribution in [0.25, 0.3) is 0 Å². The van der Waals surface area contributed by atoms with Crippen molar-refractivity contribution in [3.8, 4) is 11.5 Å². The molecular weight excluding hydrogens is 483 g/mol. The molecule has 6 rings (SSSR count). The molecule has 3 aliphatic rings. The number of anilines is 1. The maximum Gasteiger partial charge on any atom is 0.255 e. The van der Waals surface area contributed by atoms with Gasteiger partial charge in [-0.15, -0.1) is 0 Å². The number of hydrogen-bond donors (Lipinski definition) is 1. The van der Waals surface area contributed by atoms with Gasteiger partial charge in [0.25, 0.3) is 5.91 Å². The van der Waals surface area contributed by atoms with E-state index in [-0.39, 0.29) is 18.5 Å². The van der Waals surface area contributed by atoms with E-state index in [9.17, 15) is 9.18 Å². The summed E-state index contributed by atoms with van der Waals surface area (Å²) in [6, 6.07) is 12.4. The second-order valence-electron chi connectivity index (χ2n) is 10.8. The first kappa shape index (κ1) is 24.6. The molecule has 0 spiro atoms. The number of fused-ring (bicyclic) bond motifs is 1. The molecule has 198 valence electrons. The molecule has 2 fully saturated rings. The molecule has 1 N–H and O–H groups in total. The first-order valence-corrected chi connectivity index (χ1v) is 13.6. The van der Waals surface area contributed by atoms with Crippen molar-refractivity contribution in [2.24, 2.45) is 5.92 Å². The molecule has 0 bridgehead atoms. The van der Waals surface area contributed by atoms with Gasteiger partial charge < -0.3 is 19.7 Å². The summed E-state index contributed by atoms with van der Waals surface area (Å²) in [6.45, 7) is 4.60. The highest BCUT2D eigenvalue weighted by Crippen LogP contribution is 2.47. The smallest absolute Gasteiger partial charge is 0.255 e. The summed E-state index contributed by atoms with van der Waals surface area (Å²) in [5.41, 5.74) is 2.67. The van der Waals surface area contributed by atoms with E-state index in [1.54, 1.807) is 6.20 Å². The number of aromatic nitrogens is 2. The highest BCUT2D eigenvalue weighted by atomic mass is 19.1. The second kappa shape index (κ2) is 10.2. The summed E-state index contributed by atoms with van der Waals surface area (Å²) >= 11 is 0. The van der Waals surface area contributed by atoms with Crippen molar-refractivity contribution >= 4 is 11.9 Å². The van der Waals surface area contributed by atoms with Crippen LogP contribution in [0.4, 0.5) is 10.3 Å². The minimum atomic E-state index is -0.460. The molecule has 3 aromatic rings. The van der Waals surface area contributed by atoms with Crippen molar-refractivity contribution in [1.82, 2.24) is 15.3 Å². The zero-order chi connectivity index (χ0) is 26.1. The van der Waals surface area contributed by atoms with Gasteiger partial charge in [-0.2, -0.15) is 0 Å². The summed E-state index contributed by atoms with van der Waals surface area (Å²) in [5.74, 6) is 2.15. The standard InChI is InChI=1S/C30H33FN4O3/c1-20-5-4-14-35(18-20)29-33-17-24(28(36)32-16-21-6-11-25-26(15-21)38-19-37-25)27(34-29)30(12-2-3-13-30)22-7-9-23(31)10-8-22/h6-11,15,17,20H,2-5,12-14,16,18-19H2,1H3,(H,32,36). The summed E-state index contributed by atoms with van der Waals surface area (Å²) in [4.78, 5) is 25.7. The molecule has 1 aromatic heterocycles. The Kier molecular flexibility index (Phi) is 6.64. The third-order valence-corrected chi connectivity index (χ3v) is 8.16. The average molecular weight is 517 g/mol. The topological polar surface area (TPSA) is 76.6 Å². The Morgan fingerprint density at radius 2 is 1.89 bits per heavy atom. The fraction of sp³-hybridized carbons (Fsp3) is 0.433. The second-order valence-corrected chi connectivity index (χ2v) is 10.8. The summed E-state index contributed by atoms with van der Waals surface area (Å²) < 4.78 is 24.8. The Labute approximate surface area is 222 Å². The van der Waals surface area contributed by atoms with Crippen LogP contribution in [0.1, 0.15) is 72.6 Å². The van der Waals surface area contributed by atoms with Gasteiger partial charge in [-0.1, -0.05) is 38.0 Å². The van der Waals surface area contributed by atoms with Gasteiger partial charge in [0.2, 0.25) is 12.7 Å². The highest BCUT2D eigenvalue weighted by Gasteiger charge is 2.42. The summed E-state index contributed by atoms with van der Waals surface area (Å²) in [6.07, 6.45) is 7.74. The van der Waals surface area contributed by atoms with Crippen molar-refractivity contribution in [1.29, 1.82) is 0 Å². The molecule has 1 aliphatic carbocycles. The fourth-order valence-electron chi connectivity index (χ4n) is 6.17. The van der Waals surface area contributed by atoms with Crippen LogP contribution >= 0.6 is 0 Å². The Balaban J connectivity index is 1.36. The van der Waals surface area contributed by atoms with Gasteiger partial charge in [-0.25, -0.2) is 14.4 Å². The van der Waals surface area contributed by atoms with Crippen molar-refractivity contribution < 1.29 is 18.7 Å². The molecule has 1 amide bonds. The molecule has 38 heavy (non-hydrogen) atoms. The van der Waals surface area contributed by atoms with Crippen LogP contribution in [0.3, 0.4) is 0 Å². The normalized spacial score (nSPS) is 19.9. The van der Waals surface area contributed by atoms with E-state index in [1.807, 2.05) is 30.3 Å². The predicted molar refractivity (Wildman–Crippen MR) is 142 cm³/mol. The monoisotopic (exact) mass is 516 g/mol. The third kappa shape index (κ3) is 4.68. The number of benzene rings is 2. The Hall–Kier alpha value is -3.68. The van der Waals surface area contributed by atoms with E-state index in [2.05, 4.69) is 22.1 Å². The number of amides is 1. The number of carbonyl (C=O) groups is 1. The lowest BCUT2D eigenvalue weighted by Gasteiger charge is -2.34. The molecule has 1 saturated heterocycles. The van der Waals surface area contributed by atoms with Crippen LogP contribution in [0.2, 0.25) is 0 Å². The van der Waals surface area contributed by atoms with Gasteiger partial charge in [-0.3, -0.25) is 4.79 Å². The Bertz CT molecular complexity index is 1320. The van der Waals surface area contributed by atoms with E-state index in [1.165, 1.54) is 18.6 Å². The quantitative estimate of drug-likeness (QED) is 0.475. The number of nitrogens with one attached hydrogen (secondary N) is 1. The molecule has 2 aliphatic heterocycles. The van der Waals surface area contributed by atoms with Crippen molar-refractivity contribution in [3.05, 3.63) is 76.9 Å². The lowest BCUT2D eigenvalue weighted by molar-refractivity contribution is 0.0947. The predicted octanol–water partition coefficient (Wildman–Crippen LogP) is 5.37. The van der Waals surface area contributed by atoms with Gasteiger partial charge in [0, 0.05) is 31.2 Å². The first-order valence-electron chi connectivity index (χ1n) is 13.6. The van der Waals surface area contributed by atoms with Gasteiger partial charge in [-0.05, 0) is 67.0 Å². The molecule has 0 radical (unpaired) electrons. The van der Waals surface area contributed by atoms with E-state index in [4.69, 9.17) is 14.5 Å². The molecule has 3 heterocycles. The summed E-state index contributed by atoms with van der Waals surface area (Å²) in [7, 11) is 0. The summed E-state index contributed by atoms with van der Waals surface area (Å²) in [5, 5.41) is 3.07. The molecule has 1 unspecified atom stereocenters. The van der Waals surface area contributed by atoms with Crippen LogP contribution in [-0.4, -0.2) is 35.8 Å². The lowest BCUT2D eigenvalue weighted by atomic mass is 9.74. The number of nitrogens with zero attached hydrogens (tertiary/aromatic N) is 3. The van der Waals surface area contributed by atoms with E-state index in [0.717, 1.165) is 62.0 Å². The van der Waals surface area contributed by atoms with Crippen LogP contribution in [-0.2, 0) is 12.0 Å². The number of piperidine rings is 1. The largest absolute Gasteiger partial charge is 0.454 e. The molecule has 1 atom stereocenters. The van der Waals surface area contributed by atoms with Crippen molar-refractivity contribution in [2.75, 3.05) is 24.8 Å².